The molecule has 0 spiro atoms. The zero-order valence-corrected chi connectivity index (χ0v) is 18.2. The van der Waals surface area contributed by atoms with Crippen LogP contribution in [-0.4, -0.2) is 25.7 Å². The molecule has 0 aliphatic carbocycles. The minimum absolute atomic E-state index is 0.179. The van der Waals surface area contributed by atoms with Crippen LogP contribution in [0, 0.1) is 25.2 Å². The highest BCUT2D eigenvalue weighted by molar-refractivity contribution is 6.07. The summed E-state index contributed by atoms with van der Waals surface area (Å²) in [7, 11) is 0. The van der Waals surface area contributed by atoms with Gasteiger partial charge in [0.1, 0.15) is 17.4 Å². The van der Waals surface area contributed by atoms with E-state index in [4.69, 9.17) is 4.74 Å². The SMILES string of the molecule is Cc1cc(Oc2ncccc2C#N)ccc1NC(=O)c1cc2cnn(C(C)C)c2nc1C. The van der Waals surface area contributed by atoms with Gasteiger partial charge >= 0.3 is 0 Å². The van der Waals surface area contributed by atoms with Crippen molar-refractivity contribution in [3.8, 4) is 17.7 Å². The molecule has 160 valence electrons. The lowest BCUT2D eigenvalue weighted by molar-refractivity contribution is 0.102. The highest BCUT2D eigenvalue weighted by Crippen LogP contribution is 2.27. The summed E-state index contributed by atoms with van der Waals surface area (Å²) in [5.41, 5.74) is 3.70. The molecule has 0 atom stereocenters. The first-order valence-electron chi connectivity index (χ1n) is 10.2. The number of carbonyl (C=O) groups excluding carboxylic acids is 1. The number of nitriles is 1. The van der Waals surface area contributed by atoms with E-state index in [2.05, 4.69) is 26.5 Å². The van der Waals surface area contributed by atoms with Crippen molar-refractivity contribution in [2.75, 3.05) is 5.32 Å². The molecule has 32 heavy (non-hydrogen) atoms. The number of aromatic nitrogens is 4. The molecule has 1 N–H and O–H groups in total. The number of hydrogen-bond acceptors (Lipinski definition) is 6. The Morgan fingerprint density at radius 3 is 2.75 bits per heavy atom. The predicted octanol–water partition coefficient (Wildman–Crippen LogP) is 4.94. The highest BCUT2D eigenvalue weighted by Gasteiger charge is 2.16. The summed E-state index contributed by atoms with van der Waals surface area (Å²) in [6.07, 6.45) is 3.29. The number of amides is 1. The van der Waals surface area contributed by atoms with Crippen molar-refractivity contribution in [3.63, 3.8) is 0 Å². The second-order valence-electron chi connectivity index (χ2n) is 7.72. The fourth-order valence-corrected chi connectivity index (χ4v) is 3.37. The maximum absolute atomic E-state index is 13.0. The number of rotatable bonds is 5. The van der Waals surface area contributed by atoms with E-state index in [0.717, 1.165) is 16.6 Å². The molecule has 4 rings (SSSR count). The average Bonchev–Trinajstić information content (AvgIpc) is 3.18. The zero-order chi connectivity index (χ0) is 22.8. The Kier molecular flexibility index (Phi) is 5.56. The Hall–Kier alpha value is -4.25. The third kappa shape index (κ3) is 4.01. The summed E-state index contributed by atoms with van der Waals surface area (Å²) in [5, 5.41) is 17.3. The molecule has 0 fully saturated rings. The van der Waals surface area contributed by atoms with Gasteiger partial charge in [0.25, 0.3) is 5.91 Å². The van der Waals surface area contributed by atoms with Crippen LogP contribution in [0.2, 0.25) is 0 Å². The van der Waals surface area contributed by atoms with Crippen molar-refractivity contribution in [3.05, 3.63) is 71.2 Å². The first-order chi connectivity index (χ1) is 15.4. The summed E-state index contributed by atoms with van der Waals surface area (Å²) in [6.45, 7) is 7.76. The molecular formula is C24H22N6O2. The van der Waals surface area contributed by atoms with E-state index in [0.29, 0.717) is 28.3 Å². The average molecular weight is 426 g/mol. The van der Waals surface area contributed by atoms with Gasteiger partial charge in [0.2, 0.25) is 5.88 Å². The number of nitrogens with one attached hydrogen (secondary N) is 1. The summed E-state index contributed by atoms with van der Waals surface area (Å²) in [4.78, 5) is 21.7. The topological polar surface area (TPSA) is 106 Å². The number of fused-ring (bicyclic) bond motifs is 1. The van der Waals surface area contributed by atoms with Crippen LogP contribution in [0.1, 0.15) is 47.1 Å². The first kappa shape index (κ1) is 21.0. The molecule has 8 heteroatoms. The van der Waals surface area contributed by atoms with Crippen LogP contribution in [0.15, 0.2) is 48.8 Å². The van der Waals surface area contributed by atoms with E-state index in [1.165, 1.54) is 0 Å². The fourth-order valence-electron chi connectivity index (χ4n) is 3.37. The molecule has 3 heterocycles. The van der Waals surface area contributed by atoms with Crippen LogP contribution in [0.4, 0.5) is 5.69 Å². The Morgan fingerprint density at radius 1 is 1.22 bits per heavy atom. The van der Waals surface area contributed by atoms with Crippen molar-refractivity contribution in [2.24, 2.45) is 0 Å². The number of hydrogen-bond donors (Lipinski definition) is 1. The van der Waals surface area contributed by atoms with Crippen molar-refractivity contribution in [1.29, 1.82) is 5.26 Å². The number of aryl methyl sites for hydroxylation is 2. The Bertz CT molecular complexity index is 1370. The molecule has 0 unspecified atom stereocenters. The van der Waals surface area contributed by atoms with Gasteiger partial charge in [0.15, 0.2) is 5.65 Å². The van der Waals surface area contributed by atoms with Gasteiger partial charge in [0.05, 0.1) is 17.5 Å². The first-order valence-corrected chi connectivity index (χ1v) is 10.2. The maximum Gasteiger partial charge on any atom is 0.257 e. The highest BCUT2D eigenvalue weighted by atomic mass is 16.5. The van der Waals surface area contributed by atoms with Gasteiger partial charge in [-0.15, -0.1) is 0 Å². The van der Waals surface area contributed by atoms with Gasteiger partial charge in [-0.3, -0.25) is 4.79 Å². The Balaban J connectivity index is 1.56. The van der Waals surface area contributed by atoms with Crippen LogP contribution in [0.25, 0.3) is 11.0 Å². The predicted molar refractivity (Wildman–Crippen MR) is 121 cm³/mol. The number of pyridine rings is 2. The van der Waals surface area contributed by atoms with Gasteiger partial charge < -0.3 is 10.1 Å². The quantitative estimate of drug-likeness (QED) is 0.484. The van der Waals surface area contributed by atoms with Crippen molar-refractivity contribution in [1.82, 2.24) is 19.7 Å². The molecule has 0 saturated heterocycles. The standard InChI is InChI=1S/C24H22N6O2/c1-14(2)30-22-18(13-27-30)11-20(16(4)28-22)23(31)29-21-8-7-19(10-15(21)3)32-24-17(12-25)6-5-9-26-24/h5-11,13-14H,1-4H3,(H,29,31). The Morgan fingerprint density at radius 2 is 2.03 bits per heavy atom. The second kappa shape index (κ2) is 8.47. The summed E-state index contributed by atoms with van der Waals surface area (Å²) in [6, 6.07) is 12.6. The molecule has 3 aromatic heterocycles. The summed E-state index contributed by atoms with van der Waals surface area (Å²) >= 11 is 0. The second-order valence-corrected chi connectivity index (χ2v) is 7.72. The third-order valence-electron chi connectivity index (χ3n) is 5.05. The van der Waals surface area contributed by atoms with Gasteiger partial charge in [-0.05, 0) is 69.7 Å². The molecule has 1 aromatic carbocycles. The molecule has 4 aromatic rings. The molecule has 8 nitrogen and oxygen atoms in total. The number of ether oxygens (including phenoxy) is 1. The maximum atomic E-state index is 13.0. The smallest absolute Gasteiger partial charge is 0.257 e. The van der Waals surface area contributed by atoms with Crippen LogP contribution in [0.5, 0.6) is 11.6 Å². The van der Waals surface area contributed by atoms with Crippen LogP contribution in [0.3, 0.4) is 0 Å². The zero-order valence-electron chi connectivity index (χ0n) is 18.2. The van der Waals surface area contributed by atoms with E-state index in [1.54, 1.807) is 42.7 Å². The van der Waals surface area contributed by atoms with Gasteiger partial charge in [-0.2, -0.15) is 10.4 Å². The van der Waals surface area contributed by atoms with E-state index in [-0.39, 0.29) is 17.8 Å². The minimum Gasteiger partial charge on any atom is -0.438 e. The minimum atomic E-state index is -0.248. The molecule has 0 saturated carbocycles. The molecule has 1 amide bonds. The van der Waals surface area contributed by atoms with E-state index >= 15 is 0 Å². The van der Waals surface area contributed by atoms with Crippen molar-refractivity contribution in [2.45, 2.75) is 33.7 Å². The number of carbonyl (C=O) groups is 1. The lowest BCUT2D eigenvalue weighted by Crippen LogP contribution is -2.15. The lowest BCUT2D eigenvalue weighted by atomic mass is 10.1. The van der Waals surface area contributed by atoms with Gasteiger partial charge in [0, 0.05) is 23.3 Å². The van der Waals surface area contributed by atoms with Gasteiger partial charge in [-0.25, -0.2) is 14.6 Å². The monoisotopic (exact) mass is 426 g/mol. The number of nitrogens with zero attached hydrogens (tertiary/aromatic N) is 5. The fraction of sp³-hybridized carbons (Fsp3) is 0.208. The molecule has 0 aliphatic rings. The van der Waals surface area contributed by atoms with Crippen molar-refractivity contribution >= 4 is 22.6 Å². The van der Waals surface area contributed by atoms with E-state index < -0.39 is 0 Å². The Labute approximate surface area is 185 Å². The third-order valence-corrected chi connectivity index (χ3v) is 5.05. The van der Waals surface area contributed by atoms with Crippen molar-refractivity contribution < 1.29 is 9.53 Å². The van der Waals surface area contributed by atoms with Gasteiger partial charge in [-0.1, -0.05) is 0 Å². The molecule has 0 radical (unpaired) electrons. The van der Waals surface area contributed by atoms with E-state index in [1.807, 2.05) is 38.4 Å². The number of benzene rings is 1. The molecule has 0 bridgehead atoms. The van der Waals surface area contributed by atoms with Crippen LogP contribution >= 0.6 is 0 Å². The molecule has 0 aliphatic heterocycles. The molecular weight excluding hydrogens is 404 g/mol. The summed E-state index contributed by atoms with van der Waals surface area (Å²) < 4.78 is 7.59. The largest absolute Gasteiger partial charge is 0.438 e. The van der Waals surface area contributed by atoms with Crippen LogP contribution < -0.4 is 10.1 Å². The number of anilines is 1. The van der Waals surface area contributed by atoms with E-state index in [9.17, 15) is 10.1 Å². The van der Waals surface area contributed by atoms with Crippen LogP contribution in [-0.2, 0) is 0 Å². The lowest BCUT2D eigenvalue weighted by Gasteiger charge is -2.13. The summed E-state index contributed by atoms with van der Waals surface area (Å²) in [5.74, 6) is 0.515. The normalized spacial score (nSPS) is 10.9.